The van der Waals surface area contributed by atoms with Crippen molar-refractivity contribution in [2.24, 2.45) is 4.99 Å². The van der Waals surface area contributed by atoms with Crippen LogP contribution in [0.5, 0.6) is 5.75 Å². The highest BCUT2D eigenvalue weighted by Crippen LogP contribution is 2.29. The van der Waals surface area contributed by atoms with Crippen LogP contribution in [0.15, 0.2) is 53.7 Å². The fraction of sp³-hybridized carbons (Fsp3) is 0.130. The number of aromatic amines is 2. The van der Waals surface area contributed by atoms with Gasteiger partial charge in [0.25, 0.3) is 0 Å². The molecule has 1 aliphatic rings. The first-order valence-corrected chi connectivity index (χ1v) is 9.19. The van der Waals surface area contributed by atoms with Gasteiger partial charge in [0.2, 0.25) is 0 Å². The van der Waals surface area contributed by atoms with Gasteiger partial charge in [-0.1, -0.05) is 6.08 Å². The fourth-order valence-electron chi connectivity index (χ4n) is 3.86. The molecule has 2 aromatic carbocycles. The van der Waals surface area contributed by atoms with Crippen LogP contribution in [-0.4, -0.2) is 29.3 Å². The third kappa shape index (κ3) is 2.58. The molecular formula is C23H18N4O. The van der Waals surface area contributed by atoms with Crippen molar-refractivity contribution in [1.29, 1.82) is 5.26 Å². The van der Waals surface area contributed by atoms with Gasteiger partial charge in [0.1, 0.15) is 5.75 Å². The molecule has 1 aliphatic heterocycles. The van der Waals surface area contributed by atoms with Gasteiger partial charge in [-0.05, 0) is 54.0 Å². The molecule has 0 bridgehead atoms. The zero-order chi connectivity index (χ0) is 19.1. The maximum absolute atomic E-state index is 9.16. The van der Waals surface area contributed by atoms with E-state index in [1.807, 2.05) is 42.6 Å². The largest absolute Gasteiger partial charge is 0.497 e. The summed E-state index contributed by atoms with van der Waals surface area (Å²) in [5.41, 5.74) is 7.10. The van der Waals surface area contributed by atoms with Gasteiger partial charge in [0, 0.05) is 40.6 Å². The third-order valence-electron chi connectivity index (χ3n) is 5.28. The molecule has 0 saturated heterocycles. The topological polar surface area (TPSA) is 77.0 Å². The van der Waals surface area contributed by atoms with Crippen molar-refractivity contribution >= 4 is 33.6 Å². The van der Waals surface area contributed by atoms with E-state index in [2.05, 4.69) is 28.2 Å². The molecule has 2 N–H and O–H groups in total. The van der Waals surface area contributed by atoms with Crippen molar-refractivity contribution in [3.05, 3.63) is 71.1 Å². The number of hydrogen-bond acceptors (Lipinski definition) is 3. The van der Waals surface area contributed by atoms with Gasteiger partial charge in [-0.2, -0.15) is 5.26 Å². The Hall–Kier alpha value is -3.78. The van der Waals surface area contributed by atoms with Crippen LogP contribution in [0.4, 0.5) is 0 Å². The number of allylic oxidation sites excluding steroid dienone is 1. The number of aliphatic imine (C=N–C) groups is 1. The van der Waals surface area contributed by atoms with Crippen LogP contribution in [0.1, 0.15) is 22.4 Å². The predicted molar refractivity (Wildman–Crippen MR) is 112 cm³/mol. The Labute approximate surface area is 162 Å². The lowest BCUT2D eigenvalue weighted by molar-refractivity contribution is 0.415. The first-order valence-electron chi connectivity index (χ1n) is 9.19. The number of H-pyrrole nitrogens is 2. The van der Waals surface area contributed by atoms with E-state index in [0.717, 1.165) is 52.1 Å². The van der Waals surface area contributed by atoms with Crippen LogP contribution in [-0.2, 0) is 6.42 Å². The summed E-state index contributed by atoms with van der Waals surface area (Å²) in [7, 11) is 1.68. The van der Waals surface area contributed by atoms with Crippen LogP contribution in [0.25, 0.3) is 27.9 Å². The Morgan fingerprint density at radius 1 is 1.11 bits per heavy atom. The minimum Gasteiger partial charge on any atom is -0.497 e. The van der Waals surface area contributed by atoms with E-state index in [1.165, 1.54) is 10.9 Å². The summed E-state index contributed by atoms with van der Waals surface area (Å²) in [6.45, 7) is 0.776. The van der Waals surface area contributed by atoms with E-state index in [1.54, 1.807) is 7.11 Å². The second kappa shape index (κ2) is 6.43. The molecule has 28 heavy (non-hydrogen) atoms. The Balaban J connectivity index is 1.55. The second-order valence-electron chi connectivity index (χ2n) is 6.86. The van der Waals surface area contributed by atoms with Gasteiger partial charge in [-0.25, -0.2) is 0 Å². The SMILES string of the molecule is COc1ccc2c3c([nH]c2c1)C(/C=C/c1c[nH]c2ccc(C#N)cc12)=NCC3. The number of aromatic nitrogens is 2. The van der Waals surface area contributed by atoms with Gasteiger partial charge in [0.15, 0.2) is 0 Å². The van der Waals surface area contributed by atoms with Crippen LogP contribution in [0, 0.1) is 11.3 Å². The average Bonchev–Trinajstić information content (AvgIpc) is 3.32. The molecule has 2 aromatic heterocycles. The van der Waals surface area contributed by atoms with E-state index in [-0.39, 0.29) is 0 Å². The molecule has 0 atom stereocenters. The minimum atomic E-state index is 0.656. The summed E-state index contributed by atoms with van der Waals surface area (Å²) < 4.78 is 5.35. The molecule has 5 heteroatoms. The number of nitrogens with zero attached hydrogens (tertiary/aromatic N) is 2. The summed E-state index contributed by atoms with van der Waals surface area (Å²) in [6, 6.07) is 14.0. The zero-order valence-corrected chi connectivity index (χ0v) is 15.4. The Morgan fingerprint density at radius 3 is 2.89 bits per heavy atom. The Bertz CT molecular complexity index is 1310. The molecule has 0 unspecified atom stereocenters. The van der Waals surface area contributed by atoms with Crippen LogP contribution in [0.2, 0.25) is 0 Å². The number of fused-ring (bicyclic) bond motifs is 4. The third-order valence-corrected chi connectivity index (χ3v) is 5.28. The molecule has 0 fully saturated rings. The molecule has 136 valence electrons. The van der Waals surface area contributed by atoms with Crippen molar-refractivity contribution in [2.75, 3.05) is 13.7 Å². The quantitative estimate of drug-likeness (QED) is 0.556. The maximum atomic E-state index is 9.16. The predicted octanol–water partition coefficient (Wildman–Crippen LogP) is 4.59. The van der Waals surface area contributed by atoms with Gasteiger partial charge >= 0.3 is 0 Å². The van der Waals surface area contributed by atoms with Crippen molar-refractivity contribution in [3.63, 3.8) is 0 Å². The van der Waals surface area contributed by atoms with Gasteiger partial charge in [0.05, 0.1) is 30.1 Å². The number of nitrogens with one attached hydrogen (secondary N) is 2. The van der Waals surface area contributed by atoms with E-state index in [4.69, 9.17) is 15.0 Å². The van der Waals surface area contributed by atoms with Crippen molar-refractivity contribution in [1.82, 2.24) is 9.97 Å². The first kappa shape index (κ1) is 16.4. The highest BCUT2D eigenvalue weighted by molar-refractivity contribution is 6.14. The van der Waals surface area contributed by atoms with Crippen molar-refractivity contribution in [2.45, 2.75) is 6.42 Å². The summed E-state index contributed by atoms with van der Waals surface area (Å²) in [6.07, 6.45) is 6.99. The molecule has 0 spiro atoms. The van der Waals surface area contributed by atoms with Gasteiger partial charge < -0.3 is 14.7 Å². The number of rotatable bonds is 3. The van der Waals surface area contributed by atoms with Crippen molar-refractivity contribution < 1.29 is 4.74 Å². The zero-order valence-electron chi connectivity index (χ0n) is 15.4. The second-order valence-corrected chi connectivity index (χ2v) is 6.86. The van der Waals surface area contributed by atoms with Crippen LogP contribution >= 0.6 is 0 Å². The Kier molecular flexibility index (Phi) is 3.77. The van der Waals surface area contributed by atoms with Gasteiger partial charge in [-0.3, -0.25) is 4.99 Å². The summed E-state index contributed by atoms with van der Waals surface area (Å²) in [5.74, 6) is 0.840. The fourth-order valence-corrected chi connectivity index (χ4v) is 3.86. The van der Waals surface area contributed by atoms with E-state index in [9.17, 15) is 0 Å². The maximum Gasteiger partial charge on any atom is 0.120 e. The Morgan fingerprint density at radius 2 is 2.04 bits per heavy atom. The lowest BCUT2D eigenvalue weighted by Gasteiger charge is -2.10. The summed E-state index contributed by atoms with van der Waals surface area (Å²) in [5, 5.41) is 11.4. The number of benzene rings is 2. The lowest BCUT2D eigenvalue weighted by Crippen LogP contribution is -2.09. The monoisotopic (exact) mass is 366 g/mol. The molecule has 5 nitrogen and oxygen atoms in total. The standard InChI is InChI=1S/C23H18N4O/c1-28-16-4-5-17-18-8-9-25-21(23(18)27-22(17)11-16)7-3-15-13-26-20-6-2-14(12-24)10-19(15)20/h2-7,10-11,13,26-27H,8-9H2,1H3/b7-3+. The smallest absolute Gasteiger partial charge is 0.120 e. The molecule has 5 rings (SSSR count). The normalized spacial score (nSPS) is 13.6. The van der Waals surface area contributed by atoms with Crippen LogP contribution < -0.4 is 4.74 Å². The average molecular weight is 366 g/mol. The lowest BCUT2D eigenvalue weighted by atomic mass is 10.0. The van der Waals surface area contributed by atoms with Crippen molar-refractivity contribution in [3.8, 4) is 11.8 Å². The number of methoxy groups -OCH3 is 1. The van der Waals surface area contributed by atoms with Crippen LogP contribution in [0.3, 0.4) is 0 Å². The summed E-state index contributed by atoms with van der Waals surface area (Å²) >= 11 is 0. The summed E-state index contributed by atoms with van der Waals surface area (Å²) in [4.78, 5) is 11.5. The number of ether oxygens (including phenoxy) is 1. The highest BCUT2D eigenvalue weighted by Gasteiger charge is 2.18. The molecule has 4 aromatic rings. The van der Waals surface area contributed by atoms with E-state index in [0.29, 0.717) is 5.56 Å². The number of nitriles is 1. The minimum absolute atomic E-state index is 0.656. The molecule has 0 saturated carbocycles. The number of hydrogen-bond donors (Lipinski definition) is 2. The van der Waals surface area contributed by atoms with E-state index >= 15 is 0 Å². The molecule has 0 amide bonds. The molecule has 3 heterocycles. The molecule has 0 radical (unpaired) electrons. The highest BCUT2D eigenvalue weighted by atomic mass is 16.5. The van der Waals surface area contributed by atoms with Gasteiger partial charge in [-0.15, -0.1) is 0 Å². The molecule has 0 aliphatic carbocycles. The first-order chi connectivity index (χ1) is 13.8. The van der Waals surface area contributed by atoms with E-state index < -0.39 is 0 Å². The molecular weight excluding hydrogens is 348 g/mol.